The molecule has 1 aromatic carbocycles. The fourth-order valence-corrected chi connectivity index (χ4v) is 2.61. The summed E-state index contributed by atoms with van der Waals surface area (Å²) in [5, 5.41) is 3.32. The van der Waals surface area contributed by atoms with Crippen molar-refractivity contribution >= 4 is 22.6 Å². The number of nitrogens with one attached hydrogen (secondary N) is 1. The second-order valence-electron chi connectivity index (χ2n) is 6.47. The molecule has 0 saturated carbocycles. The molecule has 0 fully saturated rings. The van der Waals surface area contributed by atoms with Gasteiger partial charge in [0.15, 0.2) is 0 Å². The van der Waals surface area contributed by atoms with Crippen molar-refractivity contribution in [3.8, 4) is 0 Å². The molecule has 0 aliphatic heterocycles. The van der Waals surface area contributed by atoms with Crippen LogP contribution in [0.4, 0.5) is 5.82 Å². The molecule has 2 aromatic heterocycles. The highest BCUT2D eigenvalue weighted by molar-refractivity contribution is 5.89. The van der Waals surface area contributed by atoms with Gasteiger partial charge in [0.25, 0.3) is 5.56 Å². The van der Waals surface area contributed by atoms with E-state index in [1.807, 2.05) is 26.8 Å². The minimum absolute atomic E-state index is 0.150. The molecule has 2 heterocycles. The van der Waals surface area contributed by atoms with E-state index in [2.05, 4.69) is 20.3 Å². The molecule has 0 unspecified atom stereocenters. The number of para-hydroxylation sites is 1. The van der Waals surface area contributed by atoms with Crippen LogP contribution in [0.3, 0.4) is 0 Å². The van der Waals surface area contributed by atoms with Gasteiger partial charge >= 0.3 is 0 Å². The zero-order valence-corrected chi connectivity index (χ0v) is 15.1. The number of rotatable bonds is 5. The maximum Gasteiger partial charge on any atom is 0.261 e. The Morgan fingerprint density at radius 2 is 2.00 bits per heavy atom. The Bertz CT molecular complexity index is 1010. The van der Waals surface area contributed by atoms with E-state index in [1.54, 1.807) is 24.3 Å². The molecule has 0 bridgehead atoms. The number of aromatic nitrogens is 4. The van der Waals surface area contributed by atoms with Crippen LogP contribution < -0.4 is 10.9 Å². The molecule has 7 nitrogen and oxygen atoms in total. The predicted molar refractivity (Wildman–Crippen MR) is 100 cm³/mol. The number of amides is 1. The molecule has 3 rings (SSSR count). The molecule has 3 aromatic rings. The summed E-state index contributed by atoms with van der Waals surface area (Å²) in [6.45, 7) is 6.12. The highest BCUT2D eigenvalue weighted by Gasteiger charge is 2.10. The first-order valence-electron chi connectivity index (χ1n) is 8.53. The van der Waals surface area contributed by atoms with E-state index >= 15 is 0 Å². The molecule has 0 aliphatic rings. The highest BCUT2D eigenvalue weighted by atomic mass is 16.2. The third kappa shape index (κ3) is 3.93. The average molecular weight is 351 g/mol. The number of fused-ring (bicyclic) bond motifs is 1. The van der Waals surface area contributed by atoms with Crippen molar-refractivity contribution in [2.75, 3.05) is 5.32 Å². The van der Waals surface area contributed by atoms with Gasteiger partial charge in [-0.1, -0.05) is 26.0 Å². The lowest BCUT2D eigenvalue weighted by molar-refractivity contribution is -0.116. The second-order valence-corrected chi connectivity index (χ2v) is 6.47. The normalized spacial score (nSPS) is 11.1. The molecule has 1 amide bonds. The van der Waals surface area contributed by atoms with Gasteiger partial charge < -0.3 is 5.32 Å². The van der Waals surface area contributed by atoms with Crippen molar-refractivity contribution in [1.82, 2.24) is 19.5 Å². The number of nitrogens with zero attached hydrogens (tertiary/aromatic N) is 4. The number of carbonyl (C=O) groups is 1. The Morgan fingerprint density at radius 3 is 2.77 bits per heavy atom. The molecule has 134 valence electrons. The van der Waals surface area contributed by atoms with Gasteiger partial charge in [0.05, 0.1) is 17.2 Å². The van der Waals surface area contributed by atoms with Crippen LogP contribution >= 0.6 is 0 Å². The monoisotopic (exact) mass is 351 g/mol. The largest absolute Gasteiger partial charge is 0.311 e. The number of carbonyl (C=O) groups excluding carboxylic acids is 1. The summed E-state index contributed by atoms with van der Waals surface area (Å²) in [7, 11) is 0. The zero-order chi connectivity index (χ0) is 18.7. The molecule has 26 heavy (non-hydrogen) atoms. The van der Waals surface area contributed by atoms with E-state index < -0.39 is 0 Å². The number of aryl methyl sites for hydroxylation is 2. The summed E-state index contributed by atoms with van der Waals surface area (Å²) in [6.07, 6.45) is 1.63. The lowest BCUT2D eigenvalue weighted by Crippen LogP contribution is -2.24. The van der Waals surface area contributed by atoms with Crippen molar-refractivity contribution in [3.05, 3.63) is 58.5 Å². The molecule has 1 N–H and O–H groups in total. The molecule has 0 atom stereocenters. The van der Waals surface area contributed by atoms with Crippen LogP contribution in [0.5, 0.6) is 0 Å². The summed E-state index contributed by atoms with van der Waals surface area (Å²) in [6, 6.07) is 8.89. The summed E-state index contributed by atoms with van der Waals surface area (Å²) < 4.78 is 1.45. The summed E-state index contributed by atoms with van der Waals surface area (Å²) in [5.74, 6) is 1.14. The van der Waals surface area contributed by atoms with Gasteiger partial charge in [0, 0.05) is 30.6 Å². The maximum atomic E-state index is 12.4. The Hall–Kier alpha value is -3.09. The number of benzene rings is 1. The van der Waals surface area contributed by atoms with E-state index in [9.17, 15) is 9.59 Å². The van der Waals surface area contributed by atoms with Crippen LogP contribution in [0.25, 0.3) is 10.9 Å². The Labute approximate surface area is 151 Å². The fourth-order valence-electron chi connectivity index (χ4n) is 2.61. The first kappa shape index (κ1) is 17.7. The van der Waals surface area contributed by atoms with Crippen LogP contribution in [0.15, 0.2) is 41.5 Å². The summed E-state index contributed by atoms with van der Waals surface area (Å²) >= 11 is 0. The lowest BCUT2D eigenvalue weighted by atomic mass is 10.2. The predicted octanol–water partition coefficient (Wildman–Crippen LogP) is 2.65. The van der Waals surface area contributed by atoms with Crippen LogP contribution in [-0.2, 0) is 11.3 Å². The van der Waals surface area contributed by atoms with Crippen molar-refractivity contribution < 1.29 is 4.79 Å². The highest BCUT2D eigenvalue weighted by Crippen LogP contribution is 2.14. The van der Waals surface area contributed by atoms with Crippen LogP contribution in [0, 0.1) is 6.92 Å². The van der Waals surface area contributed by atoms with Gasteiger partial charge in [-0.15, -0.1) is 0 Å². The summed E-state index contributed by atoms with van der Waals surface area (Å²) in [5.41, 5.74) is 1.30. The van der Waals surface area contributed by atoms with Gasteiger partial charge in [-0.3, -0.25) is 14.2 Å². The van der Waals surface area contributed by atoms with Crippen molar-refractivity contribution in [1.29, 1.82) is 0 Å². The first-order valence-corrected chi connectivity index (χ1v) is 8.53. The Kier molecular flexibility index (Phi) is 5.06. The quantitative estimate of drug-likeness (QED) is 0.763. The zero-order valence-electron chi connectivity index (χ0n) is 15.1. The van der Waals surface area contributed by atoms with E-state index in [-0.39, 0.29) is 30.3 Å². The Morgan fingerprint density at radius 1 is 1.23 bits per heavy atom. The van der Waals surface area contributed by atoms with Gasteiger partial charge in [-0.2, -0.15) is 0 Å². The number of anilines is 1. The van der Waals surface area contributed by atoms with Crippen LogP contribution in [0.2, 0.25) is 0 Å². The van der Waals surface area contributed by atoms with Crippen LogP contribution in [0.1, 0.15) is 37.7 Å². The molecular weight excluding hydrogens is 330 g/mol. The van der Waals surface area contributed by atoms with Crippen LogP contribution in [-0.4, -0.2) is 25.4 Å². The van der Waals surface area contributed by atoms with Gasteiger partial charge in [-0.05, 0) is 19.1 Å². The lowest BCUT2D eigenvalue weighted by Gasteiger charge is -2.10. The molecule has 0 saturated heterocycles. The average Bonchev–Trinajstić information content (AvgIpc) is 2.61. The first-order chi connectivity index (χ1) is 12.4. The Balaban J connectivity index is 1.70. The summed E-state index contributed by atoms with van der Waals surface area (Å²) in [4.78, 5) is 37.7. The molecule has 7 heteroatoms. The minimum atomic E-state index is -0.210. The third-order valence-corrected chi connectivity index (χ3v) is 3.97. The topological polar surface area (TPSA) is 89.8 Å². The van der Waals surface area contributed by atoms with E-state index in [0.29, 0.717) is 22.5 Å². The van der Waals surface area contributed by atoms with E-state index in [4.69, 9.17) is 0 Å². The molecule has 0 radical (unpaired) electrons. The van der Waals surface area contributed by atoms with E-state index in [0.717, 1.165) is 5.69 Å². The minimum Gasteiger partial charge on any atom is -0.311 e. The smallest absolute Gasteiger partial charge is 0.261 e. The van der Waals surface area contributed by atoms with Gasteiger partial charge in [0.1, 0.15) is 11.6 Å². The third-order valence-electron chi connectivity index (χ3n) is 3.97. The molecule has 0 spiro atoms. The van der Waals surface area contributed by atoms with Crippen molar-refractivity contribution in [2.45, 2.75) is 39.7 Å². The second kappa shape index (κ2) is 7.43. The molecular formula is C19H21N5O2. The number of hydrogen-bond acceptors (Lipinski definition) is 5. The standard InChI is InChI=1S/C19H21N5O2/c1-12(2)18-21-13(3)10-16(23-18)22-17(25)8-9-24-11-20-15-7-5-4-6-14(15)19(24)26/h4-7,10-12H,8-9H2,1-3H3,(H,21,22,23,25). The maximum absolute atomic E-state index is 12.4. The van der Waals surface area contributed by atoms with E-state index in [1.165, 1.54) is 10.9 Å². The van der Waals surface area contributed by atoms with Crippen molar-refractivity contribution in [2.24, 2.45) is 0 Å². The van der Waals surface area contributed by atoms with Gasteiger partial charge in [0.2, 0.25) is 5.91 Å². The van der Waals surface area contributed by atoms with Crippen molar-refractivity contribution in [3.63, 3.8) is 0 Å². The van der Waals surface area contributed by atoms with Gasteiger partial charge in [-0.25, -0.2) is 15.0 Å². The SMILES string of the molecule is Cc1cc(NC(=O)CCn2cnc3ccccc3c2=O)nc(C(C)C)n1. The number of hydrogen-bond donors (Lipinski definition) is 1. The fraction of sp³-hybridized carbons (Fsp3) is 0.316. The molecule has 0 aliphatic carbocycles.